The van der Waals surface area contributed by atoms with Crippen LogP contribution in [0.3, 0.4) is 0 Å². The number of carbonyl (C=O) groups excluding carboxylic acids is 1. The Kier molecular flexibility index (Phi) is 5.45. The largest absolute Gasteiger partial charge is 0.343 e. The number of likely N-dealkylation sites (tertiary alicyclic amines) is 1. The van der Waals surface area contributed by atoms with Gasteiger partial charge in [0.15, 0.2) is 0 Å². The van der Waals surface area contributed by atoms with Gasteiger partial charge in [0, 0.05) is 45.7 Å². The van der Waals surface area contributed by atoms with Crippen LogP contribution in [-0.4, -0.2) is 61.5 Å². The summed E-state index contributed by atoms with van der Waals surface area (Å²) in [6.07, 6.45) is 4.12. The van der Waals surface area contributed by atoms with Gasteiger partial charge in [0.2, 0.25) is 5.91 Å². The van der Waals surface area contributed by atoms with Gasteiger partial charge >= 0.3 is 0 Å². The van der Waals surface area contributed by atoms with Crippen molar-refractivity contribution in [2.24, 2.45) is 5.92 Å². The normalized spacial score (nSPS) is 23.3. The highest BCUT2D eigenvalue weighted by Gasteiger charge is 2.20. The van der Waals surface area contributed by atoms with E-state index in [4.69, 9.17) is 0 Å². The Hall–Kier alpha value is -0.610. The molecule has 0 aromatic carbocycles. The van der Waals surface area contributed by atoms with E-state index in [-0.39, 0.29) is 0 Å². The maximum Gasteiger partial charge on any atom is 0.222 e. The number of carbonyl (C=O) groups is 1. The summed E-state index contributed by atoms with van der Waals surface area (Å²) in [5.74, 6) is 1.17. The van der Waals surface area contributed by atoms with E-state index in [1.807, 2.05) is 0 Å². The second-order valence-corrected chi connectivity index (χ2v) is 5.76. The minimum Gasteiger partial charge on any atom is -0.343 e. The Bertz CT molecular complexity index is 256. The van der Waals surface area contributed by atoms with Crippen LogP contribution < -0.4 is 5.32 Å². The fourth-order valence-electron chi connectivity index (χ4n) is 2.80. The number of rotatable bonds is 4. The minimum atomic E-state index is 0.372. The average Bonchev–Trinajstić information content (AvgIpc) is 2.40. The SMILES string of the molecule is CC1CCN(C(=O)CCCN2CCNCC2)CC1. The van der Waals surface area contributed by atoms with Crippen LogP contribution in [0.5, 0.6) is 0 Å². The predicted molar refractivity (Wildman–Crippen MR) is 73.5 cm³/mol. The Balaban J connectivity index is 1.59. The molecule has 2 fully saturated rings. The standard InChI is InChI=1S/C14H27N3O/c1-13-4-9-17(10-5-13)14(18)3-2-8-16-11-6-15-7-12-16/h13,15H,2-12H2,1H3. The highest BCUT2D eigenvalue weighted by atomic mass is 16.2. The van der Waals surface area contributed by atoms with Gasteiger partial charge in [-0.3, -0.25) is 4.79 Å². The van der Waals surface area contributed by atoms with E-state index in [0.717, 1.165) is 64.6 Å². The summed E-state index contributed by atoms with van der Waals surface area (Å²) < 4.78 is 0. The molecule has 0 aromatic heterocycles. The van der Waals surface area contributed by atoms with Gasteiger partial charge in [0.1, 0.15) is 0 Å². The number of amides is 1. The van der Waals surface area contributed by atoms with Crippen molar-refractivity contribution in [1.29, 1.82) is 0 Å². The third-order valence-electron chi connectivity index (χ3n) is 4.21. The van der Waals surface area contributed by atoms with Gasteiger partial charge in [0.25, 0.3) is 0 Å². The monoisotopic (exact) mass is 253 g/mol. The molecule has 2 heterocycles. The lowest BCUT2D eigenvalue weighted by Gasteiger charge is -2.31. The smallest absolute Gasteiger partial charge is 0.222 e. The molecule has 18 heavy (non-hydrogen) atoms. The van der Waals surface area contributed by atoms with E-state index in [1.54, 1.807) is 0 Å². The maximum absolute atomic E-state index is 12.0. The number of hydrogen-bond acceptors (Lipinski definition) is 3. The third kappa shape index (κ3) is 4.25. The maximum atomic E-state index is 12.0. The molecule has 2 rings (SSSR count). The lowest BCUT2D eigenvalue weighted by atomic mass is 9.99. The first kappa shape index (κ1) is 13.8. The molecule has 4 nitrogen and oxygen atoms in total. The van der Waals surface area contributed by atoms with Crippen molar-refractivity contribution < 1.29 is 4.79 Å². The summed E-state index contributed by atoms with van der Waals surface area (Å²) in [4.78, 5) is 16.6. The van der Waals surface area contributed by atoms with Crippen molar-refractivity contribution in [3.05, 3.63) is 0 Å². The van der Waals surface area contributed by atoms with E-state index >= 15 is 0 Å². The van der Waals surface area contributed by atoms with Crippen molar-refractivity contribution in [3.63, 3.8) is 0 Å². The van der Waals surface area contributed by atoms with Gasteiger partial charge in [-0.1, -0.05) is 6.92 Å². The first-order chi connectivity index (χ1) is 8.75. The number of piperidine rings is 1. The second kappa shape index (κ2) is 7.10. The van der Waals surface area contributed by atoms with E-state index < -0.39 is 0 Å². The summed E-state index contributed by atoms with van der Waals surface area (Å²) in [5.41, 5.74) is 0. The van der Waals surface area contributed by atoms with Gasteiger partial charge in [0.05, 0.1) is 0 Å². The molecule has 2 aliphatic rings. The lowest BCUT2D eigenvalue weighted by Crippen LogP contribution is -2.44. The molecule has 1 N–H and O–H groups in total. The summed E-state index contributed by atoms with van der Waals surface area (Å²) >= 11 is 0. The summed E-state index contributed by atoms with van der Waals surface area (Å²) in [7, 11) is 0. The first-order valence-corrected chi connectivity index (χ1v) is 7.46. The molecule has 0 spiro atoms. The molecule has 4 heteroatoms. The molecule has 2 aliphatic heterocycles. The molecule has 0 aromatic rings. The Morgan fingerprint density at radius 1 is 1.17 bits per heavy atom. The topological polar surface area (TPSA) is 35.6 Å². The van der Waals surface area contributed by atoms with Crippen molar-refractivity contribution in [3.8, 4) is 0 Å². The number of piperazine rings is 1. The fraction of sp³-hybridized carbons (Fsp3) is 0.929. The van der Waals surface area contributed by atoms with Crippen LogP contribution in [0.15, 0.2) is 0 Å². The molecule has 0 atom stereocenters. The van der Waals surface area contributed by atoms with Crippen molar-refractivity contribution in [2.75, 3.05) is 45.8 Å². The first-order valence-electron chi connectivity index (χ1n) is 7.46. The van der Waals surface area contributed by atoms with Crippen molar-refractivity contribution in [1.82, 2.24) is 15.1 Å². The molecule has 0 unspecified atom stereocenters. The highest BCUT2D eigenvalue weighted by Crippen LogP contribution is 2.16. The van der Waals surface area contributed by atoms with Gasteiger partial charge in [-0.2, -0.15) is 0 Å². The Labute approximate surface area is 111 Å². The van der Waals surface area contributed by atoms with Crippen LogP contribution in [-0.2, 0) is 4.79 Å². The van der Waals surface area contributed by atoms with E-state index in [2.05, 4.69) is 22.0 Å². The lowest BCUT2D eigenvalue weighted by molar-refractivity contribution is -0.132. The van der Waals surface area contributed by atoms with Crippen LogP contribution >= 0.6 is 0 Å². The molecule has 0 radical (unpaired) electrons. The van der Waals surface area contributed by atoms with Crippen molar-refractivity contribution >= 4 is 5.91 Å². The summed E-state index contributed by atoms with van der Waals surface area (Å²) in [6.45, 7) is 9.78. The minimum absolute atomic E-state index is 0.372. The van der Waals surface area contributed by atoms with Crippen LogP contribution in [0.1, 0.15) is 32.6 Å². The second-order valence-electron chi connectivity index (χ2n) is 5.76. The van der Waals surface area contributed by atoms with Crippen LogP contribution in [0.4, 0.5) is 0 Å². The van der Waals surface area contributed by atoms with E-state index in [0.29, 0.717) is 5.91 Å². The molecule has 0 aliphatic carbocycles. The average molecular weight is 253 g/mol. The molecular weight excluding hydrogens is 226 g/mol. The van der Waals surface area contributed by atoms with Gasteiger partial charge in [-0.25, -0.2) is 0 Å². The number of hydrogen-bond donors (Lipinski definition) is 1. The highest BCUT2D eigenvalue weighted by molar-refractivity contribution is 5.76. The Morgan fingerprint density at radius 3 is 2.50 bits per heavy atom. The van der Waals surface area contributed by atoms with Crippen LogP contribution in [0.2, 0.25) is 0 Å². The predicted octanol–water partition coefficient (Wildman–Crippen LogP) is 0.930. The zero-order valence-corrected chi connectivity index (χ0v) is 11.7. The van der Waals surface area contributed by atoms with Gasteiger partial charge < -0.3 is 15.1 Å². The summed E-state index contributed by atoms with van der Waals surface area (Å²) in [5, 5.41) is 3.35. The molecule has 104 valence electrons. The molecule has 0 bridgehead atoms. The van der Waals surface area contributed by atoms with E-state index in [1.165, 1.54) is 12.8 Å². The summed E-state index contributed by atoms with van der Waals surface area (Å²) in [6, 6.07) is 0. The third-order valence-corrected chi connectivity index (χ3v) is 4.21. The number of nitrogens with zero attached hydrogens (tertiary/aromatic N) is 2. The van der Waals surface area contributed by atoms with Crippen LogP contribution in [0.25, 0.3) is 0 Å². The van der Waals surface area contributed by atoms with Gasteiger partial charge in [-0.05, 0) is 31.7 Å². The Morgan fingerprint density at radius 2 is 1.83 bits per heavy atom. The van der Waals surface area contributed by atoms with Crippen molar-refractivity contribution in [2.45, 2.75) is 32.6 Å². The molecule has 1 amide bonds. The van der Waals surface area contributed by atoms with Crippen LogP contribution in [0, 0.1) is 5.92 Å². The molecule has 2 saturated heterocycles. The zero-order valence-electron chi connectivity index (χ0n) is 11.7. The fourth-order valence-corrected chi connectivity index (χ4v) is 2.80. The molecular formula is C14H27N3O. The zero-order chi connectivity index (χ0) is 12.8. The van der Waals surface area contributed by atoms with Gasteiger partial charge in [-0.15, -0.1) is 0 Å². The molecule has 0 saturated carbocycles. The van der Waals surface area contributed by atoms with E-state index in [9.17, 15) is 4.79 Å². The quantitative estimate of drug-likeness (QED) is 0.809. The number of nitrogens with one attached hydrogen (secondary N) is 1.